The predicted molar refractivity (Wildman–Crippen MR) is 65.1 cm³/mol. The van der Waals surface area contributed by atoms with E-state index in [-0.39, 0.29) is 4.87 Å². The van der Waals surface area contributed by atoms with Crippen LogP contribution < -0.4 is 4.87 Å². The second kappa shape index (κ2) is 5.12. The third kappa shape index (κ3) is 2.72. The maximum atomic E-state index is 11.4. The van der Waals surface area contributed by atoms with Crippen LogP contribution in [-0.2, 0) is 11.3 Å². The van der Waals surface area contributed by atoms with E-state index in [2.05, 4.69) is 23.7 Å². The van der Waals surface area contributed by atoms with Gasteiger partial charge in [0.2, 0.25) is 0 Å². The first-order valence-electron chi connectivity index (χ1n) is 5.69. The van der Waals surface area contributed by atoms with Crippen molar-refractivity contribution in [3.8, 4) is 0 Å². The molecule has 0 atom stereocenters. The molecule has 1 aliphatic rings. The molecule has 0 unspecified atom stereocenters. The molecule has 2 heterocycles. The molecule has 0 saturated carbocycles. The number of ether oxygens (including phenoxy) is 1. The van der Waals surface area contributed by atoms with Crippen LogP contribution in [0, 0.1) is 0 Å². The van der Waals surface area contributed by atoms with Gasteiger partial charge in [-0.2, -0.15) is 0 Å². The lowest BCUT2D eigenvalue weighted by molar-refractivity contribution is 0.0345. The third-order valence-corrected chi connectivity index (χ3v) is 3.68. The summed E-state index contributed by atoms with van der Waals surface area (Å²) in [5.41, 5.74) is 1.10. The van der Waals surface area contributed by atoms with Crippen molar-refractivity contribution < 1.29 is 4.74 Å². The molecule has 1 fully saturated rings. The van der Waals surface area contributed by atoms with Gasteiger partial charge in [0.25, 0.3) is 0 Å². The van der Waals surface area contributed by atoms with E-state index >= 15 is 0 Å². The van der Waals surface area contributed by atoms with E-state index in [1.165, 1.54) is 16.2 Å². The van der Waals surface area contributed by atoms with Crippen molar-refractivity contribution in [1.29, 1.82) is 0 Å². The molecule has 0 amide bonds. The molecule has 90 valence electrons. The lowest BCUT2D eigenvalue weighted by Gasteiger charge is -2.26. The Kier molecular flexibility index (Phi) is 3.78. The van der Waals surface area contributed by atoms with Crippen molar-refractivity contribution >= 4 is 11.3 Å². The second-order valence-electron chi connectivity index (χ2n) is 4.39. The Morgan fingerprint density at radius 3 is 2.75 bits per heavy atom. The van der Waals surface area contributed by atoms with Crippen LogP contribution in [-0.4, -0.2) is 36.2 Å². The molecule has 16 heavy (non-hydrogen) atoms. The van der Waals surface area contributed by atoms with Crippen molar-refractivity contribution in [3.05, 3.63) is 20.2 Å². The fourth-order valence-corrected chi connectivity index (χ4v) is 2.95. The van der Waals surface area contributed by atoms with Gasteiger partial charge in [-0.25, -0.2) is 0 Å². The normalized spacial score (nSPS) is 18.2. The molecule has 0 aliphatic carbocycles. The average molecular weight is 242 g/mol. The van der Waals surface area contributed by atoms with Crippen molar-refractivity contribution in [2.45, 2.75) is 26.3 Å². The average Bonchev–Trinajstić information content (AvgIpc) is 2.61. The minimum Gasteiger partial charge on any atom is -0.379 e. The van der Waals surface area contributed by atoms with Crippen molar-refractivity contribution in [2.24, 2.45) is 0 Å². The topological polar surface area (TPSA) is 45.3 Å². The molecular weight excluding hydrogens is 224 g/mol. The van der Waals surface area contributed by atoms with Gasteiger partial charge in [-0.15, -0.1) is 0 Å². The maximum Gasteiger partial charge on any atom is 0.304 e. The van der Waals surface area contributed by atoms with E-state index in [1.807, 2.05) is 0 Å². The lowest BCUT2D eigenvalue weighted by Crippen LogP contribution is -2.35. The Morgan fingerprint density at radius 2 is 2.12 bits per heavy atom. The highest BCUT2D eigenvalue weighted by molar-refractivity contribution is 7.09. The highest BCUT2D eigenvalue weighted by Gasteiger charge is 2.16. The molecule has 1 saturated heterocycles. The largest absolute Gasteiger partial charge is 0.379 e. The number of rotatable bonds is 3. The molecule has 0 aromatic carbocycles. The number of thiazole rings is 1. The Morgan fingerprint density at radius 1 is 1.44 bits per heavy atom. The highest BCUT2D eigenvalue weighted by Crippen LogP contribution is 2.20. The highest BCUT2D eigenvalue weighted by atomic mass is 32.1. The van der Waals surface area contributed by atoms with Gasteiger partial charge < -0.3 is 9.72 Å². The number of morpholine rings is 1. The first kappa shape index (κ1) is 11.8. The molecule has 1 N–H and O–H groups in total. The number of nitrogens with one attached hydrogen (secondary N) is 1. The molecule has 1 aliphatic heterocycles. The molecular formula is C11H18N2O2S. The Bertz CT molecular complexity index is 391. The van der Waals surface area contributed by atoms with Crippen LogP contribution in [0.15, 0.2) is 4.79 Å². The standard InChI is InChI=1S/C11H18N2O2S/c1-8(2)10-9(16-11(14)12-10)7-13-3-5-15-6-4-13/h8H,3-7H2,1-2H3,(H,12,14). The quantitative estimate of drug-likeness (QED) is 0.871. The van der Waals surface area contributed by atoms with E-state index in [0.717, 1.165) is 38.5 Å². The Hall–Kier alpha value is -0.650. The molecule has 1 aromatic heterocycles. The maximum absolute atomic E-state index is 11.4. The summed E-state index contributed by atoms with van der Waals surface area (Å²) in [7, 11) is 0. The lowest BCUT2D eigenvalue weighted by atomic mass is 10.1. The molecule has 2 rings (SSSR count). The first-order valence-corrected chi connectivity index (χ1v) is 6.50. The summed E-state index contributed by atoms with van der Waals surface area (Å²) < 4.78 is 5.31. The first-order chi connectivity index (χ1) is 7.66. The van der Waals surface area contributed by atoms with Crippen molar-refractivity contribution in [3.63, 3.8) is 0 Å². The zero-order chi connectivity index (χ0) is 11.5. The van der Waals surface area contributed by atoms with Crippen molar-refractivity contribution in [1.82, 2.24) is 9.88 Å². The van der Waals surface area contributed by atoms with Gasteiger partial charge in [-0.1, -0.05) is 25.2 Å². The van der Waals surface area contributed by atoms with Gasteiger partial charge in [0.15, 0.2) is 0 Å². The zero-order valence-corrected chi connectivity index (χ0v) is 10.6. The minimum absolute atomic E-state index is 0.0620. The van der Waals surface area contributed by atoms with Gasteiger partial charge in [0, 0.05) is 30.2 Å². The number of nitrogens with zero attached hydrogens (tertiary/aromatic N) is 1. The van der Waals surface area contributed by atoms with Crippen LogP contribution >= 0.6 is 11.3 Å². The number of H-pyrrole nitrogens is 1. The van der Waals surface area contributed by atoms with Gasteiger partial charge in [-0.05, 0) is 5.92 Å². The molecule has 0 radical (unpaired) electrons. The molecule has 1 aromatic rings. The predicted octanol–water partition coefficient (Wildman–Crippen LogP) is 1.39. The fourth-order valence-electron chi connectivity index (χ4n) is 1.92. The van der Waals surface area contributed by atoms with Gasteiger partial charge in [0.05, 0.1) is 13.2 Å². The molecule has 0 spiro atoms. The Labute approximate surface area is 99.2 Å². The monoisotopic (exact) mass is 242 g/mol. The summed E-state index contributed by atoms with van der Waals surface area (Å²) >= 11 is 1.34. The van der Waals surface area contributed by atoms with E-state index < -0.39 is 0 Å². The van der Waals surface area contributed by atoms with E-state index in [1.54, 1.807) is 0 Å². The summed E-state index contributed by atoms with van der Waals surface area (Å²) in [5, 5.41) is 0. The summed E-state index contributed by atoms with van der Waals surface area (Å²) in [6, 6.07) is 0. The third-order valence-electron chi connectivity index (χ3n) is 2.80. The van der Waals surface area contributed by atoms with Crippen LogP contribution in [0.25, 0.3) is 0 Å². The molecule has 4 nitrogen and oxygen atoms in total. The van der Waals surface area contributed by atoms with Crippen molar-refractivity contribution in [2.75, 3.05) is 26.3 Å². The fraction of sp³-hybridized carbons (Fsp3) is 0.727. The van der Waals surface area contributed by atoms with Crippen LogP contribution in [0.1, 0.15) is 30.3 Å². The summed E-state index contributed by atoms with van der Waals surface area (Å²) in [4.78, 5) is 17.9. The summed E-state index contributed by atoms with van der Waals surface area (Å²) in [6.45, 7) is 8.63. The Balaban J connectivity index is 2.10. The SMILES string of the molecule is CC(C)c1[nH]c(=O)sc1CN1CCOCC1. The van der Waals surface area contributed by atoms with Gasteiger partial charge in [0.1, 0.15) is 0 Å². The van der Waals surface area contributed by atoms with Gasteiger partial charge >= 0.3 is 4.87 Å². The molecule has 0 bridgehead atoms. The minimum atomic E-state index is 0.0620. The van der Waals surface area contributed by atoms with E-state index in [9.17, 15) is 4.79 Å². The van der Waals surface area contributed by atoms with Gasteiger partial charge in [-0.3, -0.25) is 9.69 Å². The van der Waals surface area contributed by atoms with Crippen LogP contribution in [0.3, 0.4) is 0 Å². The van der Waals surface area contributed by atoms with Crippen LogP contribution in [0.5, 0.6) is 0 Å². The van der Waals surface area contributed by atoms with Crippen LogP contribution in [0.2, 0.25) is 0 Å². The van der Waals surface area contributed by atoms with E-state index in [0.29, 0.717) is 5.92 Å². The number of aromatic amines is 1. The van der Waals surface area contributed by atoms with Crippen LogP contribution in [0.4, 0.5) is 0 Å². The summed E-state index contributed by atoms with van der Waals surface area (Å²) in [6.07, 6.45) is 0. The smallest absolute Gasteiger partial charge is 0.304 e. The number of hydrogen-bond donors (Lipinski definition) is 1. The second-order valence-corrected chi connectivity index (χ2v) is 5.46. The zero-order valence-electron chi connectivity index (χ0n) is 9.78. The number of hydrogen-bond acceptors (Lipinski definition) is 4. The summed E-state index contributed by atoms with van der Waals surface area (Å²) in [5.74, 6) is 0.384. The van der Waals surface area contributed by atoms with E-state index in [4.69, 9.17) is 4.74 Å². The number of aromatic nitrogens is 1. The molecule has 5 heteroatoms.